The monoisotopic (exact) mass is 258 g/mol. The molecule has 0 spiro atoms. The van der Waals surface area contributed by atoms with E-state index >= 15 is 0 Å². The van der Waals surface area contributed by atoms with Crippen LogP contribution in [-0.2, 0) is 11.0 Å². The quantitative estimate of drug-likeness (QED) is 0.873. The maximum atomic E-state index is 12.6. The van der Waals surface area contributed by atoms with Crippen LogP contribution < -0.4 is 5.32 Å². The molecule has 7 heteroatoms. The van der Waals surface area contributed by atoms with Crippen LogP contribution in [0.25, 0.3) is 0 Å². The first kappa shape index (κ1) is 13.8. The molecule has 0 heterocycles. The Balaban J connectivity index is 3.12. The van der Waals surface area contributed by atoms with Gasteiger partial charge in [-0.2, -0.15) is 18.4 Å². The number of nitrogens with zero attached hydrogens (tertiary/aromatic N) is 1. The minimum absolute atomic E-state index is 0.00350. The number of nitrogens with one attached hydrogen (secondary N) is 1. The molecule has 1 unspecified atom stereocenters. The van der Waals surface area contributed by atoms with Crippen molar-refractivity contribution in [2.75, 3.05) is 5.32 Å². The second-order valence-corrected chi connectivity index (χ2v) is 3.57. The maximum absolute atomic E-state index is 12.6. The molecular formula is C11H9F3N2O2. The molecule has 1 rings (SSSR count). The molecule has 0 saturated heterocycles. The Morgan fingerprint density at radius 3 is 2.56 bits per heavy atom. The van der Waals surface area contributed by atoms with Gasteiger partial charge in [-0.25, -0.2) is 0 Å². The normalized spacial score (nSPS) is 12.6. The molecule has 1 aromatic rings. The number of aliphatic carboxylic acids is 1. The van der Waals surface area contributed by atoms with Crippen LogP contribution in [0, 0.1) is 11.3 Å². The summed E-state index contributed by atoms with van der Waals surface area (Å²) in [5, 5.41) is 19.6. The molecule has 0 aliphatic heterocycles. The molecule has 0 amide bonds. The first-order valence-corrected chi connectivity index (χ1v) is 4.86. The zero-order chi connectivity index (χ0) is 13.9. The summed E-state index contributed by atoms with van der Waals surface area (Å²) in [5.74, 6) is -1.19. The van der Waals surface area contributed by atoms with Gasteiger partial charge in [-0.3, -0.25) is 4.79 Å². The molecule has 0 aliphatic carbocycles. The van der Waals surface area contributed by atoms with E-state index in [4.69, 9.17) is 10.4 Å². The standard InChI is InChI=1S/C11H9F3N2O2/c1-6(10(17)18)16-8-3-2-7(5-15)9(4-8)11(12,13)14/h2-4,6,16H,1H3,(H,17,18). The summed E-state index contributed by atoms with van der Waals surface area (Å²) in [7, 11) is 0. The van der Waals surface area contributed by atoms with Crippen molar-refractivity contribution in [2.45, 2.75) is 19.1 Å². The Bertz CT molecular complexity index is 506. The van der Waals surface area contributed by atoms with Gasteiger partial charge in [-0.1, -0.05) is 0 Å². The van der Waals surface area contributed by atoms with E-state index in [1.165, 1.54) is 19.1 Å². The van der Waals surface area contributed by atoms with Gasteiger partial charge in [-0.05, 0) is 25.1 Å². The van der Waals surface area contributed by atoms with Crippen molar-refractivity contribution < 1.29 is 23.1 Å². The molecule has 0 aliphatic rings. The smallest absolute Gasteiger partial charge is 0.417 e. The fourth-order valence-electron chi connectivity index (χ4n) is 1.28. The van der Waals surface area contributed by atoms with Crippen LogP contribution in [0.5, 0.6) is 0 Å². The first-order chi connectivity index (χ1) is 8.25. The number of anilines is 1. The van der Waals surface area contributed by atoms with Gasteiger partial charge < -0.3 is 10.4 Å². The van der Waals surface area contributed by atoms with Crippen LogP contribution in [0.2, 0.25) is 0 Å². The molecule has 0 saturated carbocycles. The van der Waals surface area contributed by atoms with Gasteiger partial charge in [0.05, 0.1) is 17.2 Å². The predicted octanol–water partition coefficient (Wildman–Crippen LogP) is 2.46. The first-order valence-electron chi connectivity index (χ1n) is 4.86. The fourth-order valence-corrected chi connectivity index (χ4v) is 1.28. The van der Waals surface area contributed by atoms with E-state index in [0.717, 1.165) is 12.1 Å². The van der Waals surface area contributed by atoms with Gasteiger partial charge in [0.25, 0.3) is 0 Å². The number of carbonyl (C=O) groups is 1. The van der Waals surface area contributed by atoms with Gasteiger partial charge in [0, 0.05) is 5.69 Å². The molecule has 4 nitrogen and oxygen atoms in total. The van der Waals surface area contributed by atoms with Gasteiger partial charge in [0.15, 0.2) is 0 Å². The highest BCUT2D eigenvalue weighted by Crippen LogP contribution is 2.33. The molecule has 18 heavy (non-hydrogen) atoms. The minimum atomic E-state index is -4.66. The van der Waals surface area contributed by atoms with Crippen molar-refractivity contribution >= 4 is 11.7 Å². The zero-order valence-corrected chi connectivity index (χ0v) is 9.25. The molecule has 2 N–H and O–H groups in total. The third-order valence-corrected chi connectivity index (χ3v) is 2.20. The number of nitriles is 1. The fraction of sp³-hybridized carbons (Fsp3) is 0.273. The molecule has 0 bridgehead atoms. The van der Waals surface area contributed by atoms with Crippen molar-refractivity contribution in [3.8, 4) is 6.07 Å². The van der Waals surface area contributed by atoms with E-state index in [-0.39, 0.29) is 5.69 Å². The SMILES string of the molecule is CC(Nc1ccc(C#N)c(C(F)(F)F)c1)C(=O)O. The summed E-state index contributed by atoms with van der Waals surface area (Å²) in [6.45, 7) is 1.30. The van der Waals surface area contributed by atoms with Gasteiger partial charge in [0.1, 0.15) is 6.04 Å². The summed E-state index contributed by atoms with van der Waals surface area (Å²) in [6, 6.07) is 3.36. The number of carboxylic acid groups (broad SMARTS) is 1. The Morgan fingerprint density at radius 1 is 1.50 bits per heavy atom. The summed E-state index contributed by atoms with van der Waals surface area (Å²) in [6.07, 6.45) is -4.66. The van der Waals surface area contributed by atoms with Gasteiger partial charge in [0.2, 0.25) is 0 Å². The number of hydrogen-bond donors (Lipinski definition) is 2. The number of halogens is 3. The summed E-state index contributed by atoms with van der Waals surface area (Å²) < 4.78 is 37.8. The van der Waals surface area contributed by atoms with Crippen LogP contribution in [0.4, 0.5) is 18.9 Å². The van der Waals surface area contributed by atoms with Gasteiger partial charge >= 0.3 is 12.1 Å². The van der Waals surface area contributed by atoms with Crippen LogP contribution in [0.15, 0.2) is 18.2 Å². The summed E-state index contributed by atoms with van der Waals surface area (Å²) in [4.78, 5) is 10.6. The molecule has 96 valence electrons. The van der Waals surface area contributed by atoms with Crippen molar-refractivity contribution in [1.82, 2.24) is 0 Å². The van der Waals surface area contributed by atoms with Crippen molar-refractivity contribution in [2.24, 2.45) is 0 Å². The highest BCUT2D eigenvalue weighted by molar-refractivity contribution is 5.76. The maximum Gasteiger partial charge on any atom is 0.417 e. The molecule has 1 atom stereocenters. The van der Waals surface area contributed by atoms with E-state index in [1.54, 1.807) is 0 Å². The van der Waals surface area contributed by atoms with Crippen LogP contribution in [-0.4, -0.2) is 17.1 Å². The number of benzene rings is 1. The second-order valence-electron chi connectivity index (χ2n) is 3.57. The lowest BCUT2D eigenvalue weighted by Gasteiger charge is -2.14. The van der Waals surface area contributed by atoms with Crippen LogP contribution >= 0.6 is 0 Å². The van der Waals surface area contributed by atoms with Crippen LogP contribution in [0.1, 0.15) is 18.1 Å². The van der Waals surface area contributed by atoms with Crippen LogP contribution in [0.3, 0.4) is 0 Å². The lowest BCUT2D eigenvalue weighted by molar-refractivity contribution is -0.138. The van der Waals surface area contributed by atoms with E-state index in [9.17, 15) is 18.0 Å². The Labute approximate surface area is 101 Å². The Morgan fingerprint density at radius 2 is 2.11 bits per heavy atom. The molecule has 1 aromatic carbocycles. The van der Waals surface area contributed by atoms with Gasteiger partial charge in [-0.15, -0.1) is 0 Å². The van der Waals surface area contributed by atoms with E-state index in [2.05, 4.69) is 5.32 Å². The third kappa shape index (κ3) is 3.13. The molecule has 0 aromatic heterocycles. The number of hydrogen-bond acceptors (Lipinski definition) is 3. The predicted molar refractivity (Wildman–Crippen MR) is 56.9 cm³/mol. The second kappa shape index (κ2) is 4.96. The topological polar surface area (TPSA) is 73.1 Å². The average Bonchev–Trinajstić information content (AvgIpc) is 2.27. The lowest BCUT2D eigenvalue weighted by atomic mass is 10.1. The lowest BCUT2D eigenvalue weighted by Crippen LogP contribution is -2.25. The molecular weight excluding hydrogens is 249 g/mol. The highest BCUT2D eigenvalue weighted by atomic mass is 19.4. The number of rotatable bonds is 3. The highest BCUT2D eigenvalue weighted by Gasteiger charge is 2.34. The summed E-state index contributed by atoms with van der Waals surface area (Å²) >= 11 is 0. The van der Waals surface area contributed by atoms with Crippen molar-refractivity contribution in [3.63, 3.8) is 0 Å². The summed E-state index contributed by atoms with van der Waals surface area (Å²) in [5.41, 5.74) is -1.60. The average molecular weight is 258 g/mol. The van der Waals surface area contributed by atoms with E-state index in [1.807, 2.05) is 0 Å². The third-order valence-electron chi connectivity index (χ3n) is 2.20. The van der Waals surface area contributed by atoms with E-state index < -0.39 is 29.3 Å². The zero-order valence-electron chi connectivity index (χ0n) is 9.25. The number of alkyl halides is 3. The Hall–Kier alpha value is -2.23. The van der Waals surface area contributed by atoms with Crippen molar-refractivity contribution in [3.05, 3.63) is 29.3 Å². The minimum Gasteiger partial charge on any atom is -0.480 e. The molecule has 0 radical (unpaired) electrons. The number of carboxylic acids is 1. The van der Waals surface area contributed by atoms with E-state index in [0.29, 0.717) is 0 Å². The Kier molecular flexibility index (Phi) is 3.81. The largest absolute Gasteiger partial charge is 0.480 e. The van der Waals surface area contributed by atoms with Crippen molar-refractivity contribution in [1.29, 1.82) is 5.26 Å². The molecule has 0 fully saturated rings.